The molecule has 7 heteroatoms. The van der Waals surface area contributed by atoms with Gasteiger partial charge in [0.25, 0.3) is 5.91 Å². The third kappa shape index (κ3) is 3.93. The molecule has 28 heavy (non-hydrogen) atoms. The van der Waals surface area contributed by atoms with Gasteiger partial charge < -0.3 is 11.1 Å². The third-order valence-corrected chi connectivity index (χ3v) is 4.81. The van der Waals surface area contributed by atoms with Crippen LogP contribution in [0.5, 0.6) is 0 Å². The maximum atomic E-state index is 12.8. The number of carbonyl (C=O) groups excluding carboxylic acids is 2. The van der Waals surface area contributed by atoms with Gasteiger partial charge in [0, 0.05) is 0 Å². The van der Waals surface area contributed by atoms with Gasteiger partial charge in [-0.3, -0.25) is 9.59 Å². The van der Waals surface area contributed by atoms with Crippen LogP contribution >= 0.6 is 0 Å². The number of amides is 2. The number of aromatic nitrogens is 3. The van der Waals surface area contributed by atoms with Crippen LogP contribution in [0.1, 0.15) is 48.4 Å². The molecule has 2 amide bonds. The second-order valence-corrected chi connectivity index (χ2v) is 7.19. The van der Waals surface area contributed by atoms with Gasteiger partial charge in [-0.2, -0.15) is 0 Å². The van der Waals surface area contributed by atoms with Crippen molar-refractivity contribution in [3.8, 4) is 5.69 Å². The van der Waals surface area contributed by atoms with Crippen LogP contribution in [0.2, 0.25) is 0 Å². The third-order valence-electron chi connectivity index (χ3n) is 4.81. The van der Waals surface area contributed by atoms with Gasteiger partial charge in [0.1, 0.15) is 0 Å². The lowest BCUT2D eigenvalue weighted by molar-refractivity contribution is -0.126. The van der Waals surface area contributed by atoms with Crippen LogP contribution in [-0.2, 0) is 10.2 Å². The summed E-state index contributed by atoms with van der Waals surface area (Å²) in [6.07, 6.45) is 1.48. The monoisotopic (exact) mass is 377 g/mol. The number of nitrogens with two attached hydrogens (primary N) is 1. The predicted molar refractivity (Wildman–Crippen MR) is 106 cm³/mol. The number of nitrogens with one attached hydrogen (secondary N) is 1. The zero-order valence-electron chi connectivity index (χ0n) is 16.1. The van der Waals surface area contributed by atoms with Gasteiger partial charge in [-0.1, -0.05) is 47.7 Å². The van der Waals surface area contributed by atoms with Gasteiger partial charge in [0.2, 0.25) is 5.91 Å². The summed E-state index contributed by atoms with van der Waals surface area (Å²) in [5.74, 6) is -0.669. The van der Waals surface area contributed by atoms with Crippen LogP contribution in [0.3, 0.4) is 0 Å². The Morgan fingerprint density at radius 3 is 2.29 bits per heavy atom. The van der Waals surface area contributed by atoms with Gasteiger partial charge in [-0.15, -0.1) is 5.10 Å². The van der Waals surface area contributed by atoms with E-state index in [0.29, 0.717) is 0 Å². The van der Waals surface area contributed by atoms with E-state index in [1.165, 1.54) is 10.9 Å². The second-order valence-electron chi connectivity index (χ2n) is 7.19. The first-order valence-corrected chi connectivity index (χ1v) is 8.98. The number of hydrogen-bond donors (Lipinski definition) is 2. The minimum atomic E-state index is -0.638. The van der Waals surface area contributed by atoms with Crippen molar-refractivity contribution in [1.82, 2.24) is 20.3 Å². The quantitative estimate of drug-likeness (QED) is 0.689. The number of hydrogen-bond acceptors (Lipinski definition) is 4. The Labute approximate surface area is 163 Å². The smallest absolute Gasteiger partial charge is 0.270 e. The van der Waals surface area contributed by atoms with Gasteiger partial charge in [-0.05, 0) is 44.0 Å². The van der Waals surface area contributed by atoms with Crippen LogP contribution < -0.4 is 11.1 Å². The molecule has 0 bridgehead atoms. The Balaban J connectivity index is 1.71. The van der Waals surface area contributed by atoms with E-state index in [4.69, 9.17) is 5.73 Å². The molecule has 0 saturated carbocycles. The highest BCUT2D eigenvalue weighted by Crippen LogP contribution is 2.25. The van der Waals surface area contributed by atoms with Gasteiger partial charge in [0.15, 0.2) is 5.69 Å². The molecule has 0 saturated heterocycles. The average molecular weight is 377 g/mol. The first-order valence-electron chi connectivity index (χ1n) is 8.98. The summed E-state index contributed by atoms with van der Waals surface area (Å²) in [5.41, 5.74) is 7.33. The molecule has 1 aromatic heterocycles. The molecule has 0 unspecified atom stereocenters. The molecule has 3 N–H and O–H groups in total. The van der Waals surface area contributed by atoms with Gasteiger partial charge >= 0.3 is 0 Å². The number of primary amides is 1. The van der Waals surface area contributed by atoms with Crippen LogP contribution in [0.25, 0.3) is 5.69 Å². The standard InChI is InChI=1S/C21H23N5O2/c1-14(23-20(28)21(2,3)16-7-5-4-6-8-16)15-9-11-17(12-10-15)26-13-18(19(22)27)24-25-26/h4-14H,1-3H3,(H2,22,27)(H,23,28)/t14-/m1/s1. The molecular weight excluding hydrogens is 354 g/mol. The Morgan fingerprint density at radius 1 is 1.07 bits per heavy atom. The zero-order chi connectivity index (χ0) is 20.3. The molecule has 0 fully saturated rings. The topological polar surface area (TPSA) is 103 Å². The Hall–Kier alpha value is -3.48. The molecule has 0 aliphatic rings. The van der Waals surface area contributed by atoms with Crippen molar-refractivity contribution in [2.24, 2.45) is 5.73 Å². The van der Waals surface area contributed by atoms with Crippen molar-refractivity contribution >= 4 is 11.8 Å². The van der Waals surface area contributed by atoms with Crippen molar-refractivity contribution < 1.29 is 9.59 Å². The molecule has 2 aromatic carbocycles. The van der Waals surface area contributed by atoms with E-state index in [1.54, 1.807) is 0 Å². The summed E-state index contributed by atoms with van der Waals surface area (Å²) in [4.78, 5) is 24.0. The van der Waals surface area contributed by atoms with Crippen molar-refractivity contribution in [3.63, 3.8) is 0 Å². The lowest BCUT2D eigenvalue weighted by Crippen LogP contribution is -2.41. The van der Waals surface area contributed by atoms with Crippen molar-refractivity contribution in [1.29, 1.82) is 0 Å². The Morgan fingerprint density at radius 2 is 1.71 bits per heavy atom. The Kier molecular flexibility index (Phi) is 5.26. The number of nitrogens with zero attached hydrogens (tertiary/aromatic N) is 3. The average Bonchev–Trinajstić information content (AvgIpc) is 3.19. The summed E-state index contributed by atoms with van der Waals surface area (Å²) in [7, 11) is 0. The van der Waals surface area contributed by atoms with E-state index in [9.17, 15) is 9.59 Å². The predicted octanol–water partition coefficient (Wildman–Crippen LogP) is 2.52. The molecule has 0 radical (unpaired) electrons. The minimum Gasteiger partial charge on any atom is -0.364 e. The van der Waals surface area contributed by atoms with Gasteiger partial charge in [-0.25, -0.2) is 4.68 Å². The fraction of sp³-hybridized carbons (Fsp3) is 0.238. The van der Waals surface area contributed by atoms with E-state index < -0.39 is 11.3 Å². The maximum absolute atomic E-state index is 12.8. The van der Waals surface area contributed by atoms with Gasteiger partial charge in [0.05, 0.1) is 23.3 Å². The Bertz CT molecular complexity index is 978. The number of rotatable bonds is 6. The minimum absolute atomic E-state index is 0.0438. The largest absolute Gasteiger partial charge is 0.364 e. The molecular formula is C21H23N5O2. The fourth-order valence-electron chi connectivity index (χ4n) is 2.86. The number of carbonyl (C=O) groups is 2. The summed E-state index contributed by atoms with van der Waals surface area (Å²) in [6, 6.07) is 17.0. The molecule has 144 valence electrons. The molecule has 7 nitrogen and oxygen atoms in total. The lowest BCUT2D eigenvalue weighted by Gasteiger charge is -2.26. The molecule has 0 aliphatic heterocycles. The first-order chi connectivity index (χ1) is 13.3. The molecule has 1 heterocycles. The van der Waals surface area contributed by atoms with Crippen LogP contribution in [0, 0.1) is 0 Å². The normalized spacial score (nSPS) is 12.4. The second kappa shape index (κ2) is 7.64. The van der Waals surface area contributed by atoms with Crippen molar-refractivity contribution in [2.45, 2.75) is 32.2 Å². The number of benzene rings is 2. The fourth-order valence-corrected chi connectivity index (χ4v) is 2.86. The summed E-state index contributed by atoms with van der Waals surface area (Å²) in [6.45, 7) is 5.76. The van der Waals surface area contributed by atoms with E-state index in [-0.39, 0.29) is 17.6 Å². The molecule has 3 aromatic rings. The van der Waals surface area contributed by atoms with E-state index >= 15 is 0 Å². The lowest BCUT2D eigenvalue weighted by atomic mass is 9.83. The zero-order valence-corrected chi connectivity index (χ0v) is 16.1. The van der Waals surface area contributed by atoms with Crippen LogP contribution in [0.15, 0.2) is 60.8 Å². The summed E-state index contributed by atoms with van der Waals surface area (Å²) in [5, 5.41) is 10.7. The van der Waals surface area contributed by atoms with E-state index in [2.05, 4.69) is 15.6 Å². The van der Waals surface area contributed by atoms with Crippen LogP contribution in [-0.4, -0.2) is 26.8 Å². The van der Waals surface area contributed by atoms with Crippen LogP contribution in [0.4, 0.5) is 0 Å². The summed E-state index contributed by atoms with van der Waals surface area (Å²) < 4.78 is 1.48. The SMILES string of the molecule is C[C@@H](NC(=O)C(C)(C)c1ccccc1)c1ccc(-n2cc(C(N)=O)nn2)cc1. The summed E-state index contributed by atoms with van der Waals surface area (Å²) >= 11 is 0. The molecule has 0 spiro atoms. The van der Waals surface area contributed by atoms with E-state index in [1.807, 2.05) is 75.4 Å². The highest BCUT2D eigenvalue weighted by Gasteiger charge is 2.30. The molecule has 3 rings (SSSR count). The van der Waals surface area contributed by atoms with Crippen molar-refractivity contribution in [3.05, 3.63) is 77.6 Å². The highest BCUT2D eigenvalue weighted by molar-refractivity contribution is 5.90. The maximum Gasteiger partial charge on any atom is 0.270 e. The highest BCUT2D eigenvalue weighted by atomic mass is 16.2. The first kappa shape index (κ1) is 19.3. The molecule has 0 aliphatic carbocycles. The van der Waals surface area contributed by atoms with Crippen molar-refractivity contribution in [2.75, 3.05) is 0 Å². The van der Waals surface area contributed by atoms with E-state index in [0.717, 1.165) is 16.8 Å². The molecule has 1 atom stereocenters.